The number of nitrogens with one attached hydrogen (secondary N) is 1. The quantitative estimate of drug-likeness (QED) is 0.830. The van der Waals surface area contributed by atoms with E-state index in [0.717, 1.165) is 35.4 Å². The fraction of sp³-hybridized carbons (Fsp3) is 0.429. The molecule has 0 spiro atoms. The van der Waals surface area contributed by atoms with Crippen LogP contribution in [0.1, 0.15) is 29.5 Å². The molecule has 0 bridgehead atoms. The van der Waals surface area contributed by atoms with Gasteiger partial charge in [0.2, 0.25) is 6.43 Å². The number of hydrogen-bond donors (Lipinski definition) is 1. The van der Waals surface area contributed by atoms with Gasteiger partial charge in [0.25, 0.3) is 0 Å². The average Bonchev–Trinajstić information content (AvgIpc) is 3.10. The molecule has 0 aromatic heterocycles. The standard InChI is InChI=1S/C14H15F2N/c1-9-12-3-2-11(8-10(12)4-7-17-9)14(5-6-14)13(15)16/h2-3,8,13,17H,1,4-7H2. The topological polar surface area (TPSA) is 12.0 Å². The van der Waals surface area contributed by atoms with Crippen molar-refractivity contribution >= 4 is 5.70 Å². The third kappa shape index (κ3) is 1.56. The summed E-state index contributed by atoms with van der Waals surface area (Å²) in [7, 11) is 0. The summed E-state index contributed by atoms with van der Waals surface area (Å²) in [6.07, 6.45) is -0.127. The van der Waals surface area contributed by atoms with Crippen molar-refractivity contribution in [2.45, 2.75) is 31.1 Å². The molecule has 0 atom stereocenters. The van der Waals surface area contributed by atoms with Gasteiger partial charge >= 0.3 is 0 Å². The monoisotopic (exact) mass is 235 g/mol. The molecular formula is C14H15F2N. The predicted molar refractivity (Wildman–Crippen MR) is 64.1 cm³/mol. The fourth-order valence-corrected chi connectivity index (χ4v) is 2.62. The fourth-order valence-electron chi connectivity index (χ4n) is 2.62. The zero-order valence-corrected chi connectivity index (χ0v) is 9.60. The number of hydrogen-bond acceptors (Lipinski definition) is 1. The van der Waals surface area contributed by atoms with Gasteiger partial charge in [-0.3, -0.25) is 0 Å². The van der Waals surface area contributed by atoms with E-state index >= 15 is 0 Å². The van der Waals surface area contributed by atoms with E-state index in [1.165, 1.54) is 0 Å². The molecule has 1 fully saturated rings. The summed E-state index contributed by atoms with van der Waals surface area (Å²) in [5.74, 6) is 0. The van der Waals surface area contributed by atoms with E-state index in [1.54, 1.807) is 0 Å². The lowest BCUT2D eigenvalue weighted by atomic mass is 9.89. The normalized spacial score (nSPS) is 21.0. The van der Waals surface area contributed by atoms with Crippen molar-refractivity contribution in [1.82, 2.24) is 5.32 Å². The van der Waals surface area contributed by atoms with E-state index in [1.807, 2.05) is 18.2 Å². The molecule has 1 N–H and O–H groups in total. The van der Waals surface area contributed by atoms with Gasteiger partial charge in [-0.25, -0.2) is 8.78 Å². The van der Waals surface area contributed by atoms with Crippen molar-refractivity contribution in [1.29, 1.82) is 0 Å². The van der Waals surface area contributed by atoms with Crippen molar-refractivity contribution in [2.75, 3.05) is 6.54 Å². The summed E-state index contributed by atoms with van der Waals surface area (Å²) in [6, 6.07) is 5.73. The first-order chi connectivity index (χ1) is 8.13. The molecule has 1 aromatic rings. The maximum absolute atomic E-state index is 13.0. The minimum absolute atomic E-state index is 0.614. The molecule has 0 saturated heterocycles. The lowest BCUT2D eigenvalue weighted by molar-refractivity contribution is 0.102. The van der Waals surface area contributed by atoms with Crippen LogP contribution >= 0.6 is 0 Å². The van der Waals surface area contributed by atoms with Crippen LogP contribution in [0, 0.1) is 0 Å². The Balaban J connectivity index is 2.02. The molecule has 1 aromatic carbocycles. The van der Waals surface area contributed by atoms with Crippen LogP contribution in [-0.2, 0) is 11.8 Å². The van der Waals surface area contributed by atoms with Crippen molar-refractivity contribution in [3.63, 3.8) is 0 Å². The summed E-state index contributed by atoms with van der Waals surface area (Å²) < 4.78 is 26.1. The first kappa shape index (κ1) is 10.8. The van der Waals surface area contributed by atoms with E-state index in [2.05, 4.69) is 11.9 Å². The number of alkyl halides is 2. The molecule has 0 unspecified atom stereocenters. The van der Waals surface area contributed by atoms with Crippen LogP contribution in [0.25, 0.3) is 5.70 Å². The van der Waals surface area contributed by atoms with Gasteiger partial charge in [0.15, 0.2) is 0 Å². The van der Waals surface area contributed by atoms with Gasteiger partial charge in [-0.05, 0) is 30.4 Å². The highest BCUT2D eigenvalue weighted by Crippen LogP contribution is 2.53. The molecule has 1 saturated carbocycles. The van der Waals surface area contributed by atoms with Crippen LogP contribution < -0.4 is 5.32 Å². The molecule has 90 valence electrons. The first-order valence-electron chi connectivity index (χ1n) is 5.98. The van der Waals surface area contributed by atoms with Crippen LogP contribution in [0.4, 0.5) is 8.78 Å². The predicted octanol–water partition coefficient (Wildman–Crippen LogP) is 3.10. The third-order valence-electron chi connectivity index (χ3n) is 3.94. The second-order valence-electron chi connectivity index (χ2n) is 4.98. The minimum atomic E-state index is -2.24. The van der Waals surface area contributed by atoms with Crippen molar-refractivity contribution < 1.29 is 8.78 Å². The molecular weight excluding hydrogens is 220 g/mol. The van der Waals surface area contributed by atoms with E-state index in [4.69, 9.17) is 0 Å². The first-order valence-corrected chi connectivity index (χ1v) is 5.98. The highest BCUT2D eigenvalue weighted by Gasteiger charge is 2.52. The molecule has 3 heteroatoms. The Morgan fingerprint density at radius 1 is 1.29 bits per heavy atom. The van der Waals surface area contributed by atoms with Crippen molar-refractivity contribution in [2.24, 2.45) is 0 Å². The van der Waals surface area contributed by atoms with Gasteiger partial charge < -0.3 is 5.32 Å². The summed E-state index contributed by atoms with van der Waals surface area (Å²) in [6.45, 7) is 4.78. The Labute approximate surface area is 99.5 Å². The van der Waals surface area contributed by atoms with Gasteiger partial charge in [0, 0.05) is 17.8 Å². The maximum Gasteiger partial charge on any atom is 0.248 e. The maximum atomic E-state index is 13.0. The Hall–Kier alpha value is -1.38. The summed E-state index contributed by atoms with van der Waals surface area (Å²) >= 11 is 0. The average molecular weight is 235 g/mol. The summed E-state index contributed by atoms with van der Waals surface area (Å²) in [5, 5.41) is 3.19. The molecule has 0 radical (unpaired) electrons. The SMILES string of the molecule is C=C1NCCc2cc(C3(C(F)F)CC3)ccc21. The highest BCUT2D eigenvalue weighted by molar-refractivity contribution is 5.67. The Morgan fingerprint density at radius 3 is 2.71 bits per heavy atom. The Morgan fingerprint density at radius 2 is 2.06 bits per heavy atom. The second kappa shape index (κ2) is 3.56. The van der Waals surface area contributed by atoms with Crippen LogP contribution in [-0.4, -0.2) is 13.0 Å². The number of rotatable bonds is 2. The van der Waals surface area contributed by atoms with E-state index in [-0.39, 0.29) is 0 Å². The zero-order chi connectivity index (χ0) is 12.0. The van der Waals surface area contributed by atoms with Crippen LogP contribution in [0.2, 0.25) is 0 Å². The van der Waals surface area contributed by atoms with E-state index in [9.17, 15) is 8.78 Å². The summed E-state index contributed by atoms with van der Waals surface area (Å²) in [5.41, 5.74) is 3.09. The molecule has 2 aliphatic rings. The van der Waals surface area contributed by atoms with Crippen molar-refractivity contribution in [3.05, 3.63) is 41.5 Å². The van der Waals surface area contributed by atoms with E-state index in [0.29, 0.717) is 12.8 Å². The van der Waals surface area contributed by atoms with E-state index < -0.39 is 11.8 Å². The molecule has 1 heterocycles. The van der Waals surface area contributed by atoms with Crippen LogP contribution in [0.15, 0.2) is 24.8 Å². The number of fused-ring (bicyclic) bond motifs is 1. The lowest BCUT2D eigenvalue weighted by Crippen LogP contribution is -2.23. The molecule has 1 aliphatic carbocycles. The molecule has 17 heavy (non-hydrogen) atoms. The van der Waals surface area contributed by atoms with Gasteiger partial charge in [-0.15, -0.1) is 0 Å². The molecule has 0 amide bonds. The zero-order valence-electron chi connectivity index (χ0n) is 9.60. The van der Waals surface area contributed by atoms with Gasteiger partial charge in [0.1, 0.15) is 0 Å². The summed E-state index contributed by atoms with van der Waals surface area (Å²) in [4.78, 5) is 0. The highest BCUT2D eigenvalue weighted by atomic mass is 19.3. The smallest absolute Gasteiger partial charge is 0.248 e. The lowest BCUT2D eigenvalue weighted by Gasteiger charge is -2.23. The Kier molecular flexibility index (Phi) is 2.25. The largest absolute Gasteiger partial charge is 0.385 e. The molecule has 1 nitrogen and oxygen atoms in total. The van der Waals surface area contributed by atoms with Crippen molar-refractivity contribution in [3.8, 4) is 0 Å². The van der Waals surface area contributed by atoms with Gasteiger partial charge in [-0.2, -0.15) is 0 Å². The van der Waals surface area contributed by atoms with Crippen LogP contribution in [0.3, 0.4) is 0 Å². The van der Waals surface area contributed by atoms with Crippen LogP contribution in [0.5, 0.6) is 0 Å². The third-order valence-corrected chi connectivity index (χ3v) is 3.94. The number of benzene rings is 1. The van der Waals surface area contributed by atoms with Gasteiger partial charge in [0.05, 0.1) is 5.41 Å². The molecule has 3 rings (SSSR count). The minimum Gasteiger partial charge on any atom is -0.385 e. The second-order valence-corrected chi connectivity index (χ2v) is 4.98. The Bertz CT molecular complexity index is 475. The molecule has 1 aliphatic heterocycles. The van der Waals surface area contributed by atoms with Gasteiger partial charge in [-0.1, -0.05) is 24.8 Å². The number of halogens is 2.